The summed E-state index contributed by atoms with van der Waals surface area (Å²) < 4.78 is 0. The van der Waals surface area contributed by atoms with Crippen LogP contribution in [-0.4, -0.2) is 25.1 Å². The van der Waals surface area contributed by atoms with E-state index in [4.69, 9.17) is 0 Å². The molecule has 0 fully saturated rings. The molecule has 0 amide bonds. The van der Waals surface area contributed by atoms with Crippen LogP contribution in [0.25, 0.3) is 44.5 Å². The number of nitrogens with one attached hydrogen (secondary N) is 2. The lowest BCUT2D eigenvalue weighted by Crippen LogP contribution is -1.80. The van der Waals surface area contributed by atoms with Gasteiger partial charge in [-0.3, -0.25) is 15.1 Å². The van der Waals surface area contributed by atoms with Gasteiger partial charge in [0.15, 0.2) is 0 Å². The molecule has 4 aromatic heterocycles. The Morgan fingerprint density at radius 1 is 0.792 bits per heavy atom. The SMILES string of the molecule is c1cnc2cc(-c3n[nH]c4ccc(-c5ccncc5)cc34)[nH]c2c1. The van der Waals surface area contributed by atoms with Gasteiger partial charge >= 0.3 is 0 Å². The van der Waals surface area contributed by atoms with Crippen LogP contribution in [0.15, 0.2) is 67.1 Å². The Morgan fingerprint density at radius 2 is 1.71 bits per heavy atom. The lowest BCUT2D eigenvalue weighted by Gasteiger charge is -2.01. The van der Waals surface area contributed by atoms with E-state index in [1.54, 1.807) is 18.6 Å². The van der Waals surface area contributed by atoms with Crippen molar-refractivity contribution in [1.82, 2.24) is 25.1 Å². The van der Waals surface area contributed by atoms with Crippen LogP contribution in [-0.2, 0) is 0 Å². The lowest BCUT2D eigenvalue weighted by atomic mass is 10.0. The summed E-state index contributed by atoms with van der Waals surface area (Å²) in [6.07, 6.45) is 5.41. The van der Waals surface area contributed by atoms with Gasteiger partial charge < -0.3 is 4.98 Å². The summed E-state index contributed by atoms with van der Waals surface area (Å²) >= 11 is 0. The molecule has 1 aromatic carbocycles. The predicted molar refractivity (Wildman–Crippen MR) is 94.4 cm³/mol. The number of fused-ring (bicyclic) bond motifs is 2. The molecule has 0 spiro atoms. The maximum absolute atomic E-state index is 4.50. The van der Waals surface area contributed by atoms with E-state index >= 15 is 0 Å². The van der Waals surface area contributed by atoms with Crippen LogP contribution >= 0.6 is 0 Å². The van der Waals surface area contributed by atoms with Crippen LogP contribution in [0.2, 0.25) is 0 Å². The summed E-state index contributed by atoms with van der Waals surface area (Å²) in [4.78, 5) is 11.9. The van der Waals surface area contributed by atoms with Crippen molar-refractivity contribution >= 4 is 21.9 Å². The van der Waals surface area contributed by atoms with Gasteiger partial charge in [-0.1, -0.05) is 6.07 Å². The molecule has 0 atom stereocenters. The normalized spacial score (nSPS) is 11.3. The quantitative estimate of drug-likeness (QED) is 0.514. The van der Waals surface area contributed by atoms with Crippen molar-refractivity contribution in [2.24, 2.45) is 0 Å². The molecule has 0 radical (unpaired) electrons. The molecule has 0 unspecified atom stereocenters. The van der Waals surface area contributed by atoms with Gasteiger partial charge in [0.1, 0.15) is 5.69 Å². The zero-order chi connectivity index (χ0) is 15.9. The number of hydrogen-bond donors (Lipinski definition) is 2. The first kappa shape index (κ1) is 13.0. The third kappa shape index (κ3) is 1.99. The average molecular weight is 311 g/mol. The van der Waals surface area contributed by atoms with Crippen LogP contribution in [0, 0.1) is 0 Å². The van der Waals surface area contributed by atoms with E-state index in [2.05, 4.69) is 43.3 Å². The summed E-state index contributed by atoms with van der Waals surface area (Å²) in [5, 5.41) is 8.69. The van der Waals surface area contributed by atoms with Gasteiger partial charge in [-0.05, 0) is 53.6 Å². The fourth-order valence-corrected chi connectivity index (χ4v) is 3.03. The maximum atomic E-state index is 4.50. The van der Waals surface area contributed by atoms with Gasteiger partial charge in [0.25, 0.3) is 0 Å². The zero-order valence-corrected chi connectivity index (χ0v) is 12.7. The van der Waals surface area contributed by atoms with Gasteiger partial charge in [0.05, 0.1) is 22.2 Å². The summed E-state index contributed by atoms with van der Waals surface area (Å²) in [6, 6.07) is 16.3. The highest BCUT2D eigenvalue weighted by Crippen LogP contribution is 2.31. The predicted octanol–water partition coefficient (Wildman–Crippen LogP) is 4.17. The molecular formula is C19H13N5. The van der Waals surface area contributed by atoms with E-state index in [9.17, 15) is 0 Å². The third-order valence-electron chi connectivity index (χ3n) is 4.22. The fourth-order valence-electron chi connectivity index (χ4n) is 3.03. The van der Waals surface area contributed by atoms with E-state index in [-0.39, 0.29) is 0 Å². The molecule has 0 bridgehead atoms. The van der Waals surface area contributed by atoms with Gasteiger partial charge in [-0.2, -0.15) is 5.10 Å². The van der Waals surface area contributed by atoms with Crippen LogP contribution in [0.3, 0.4) is 0 Å². The van der Waals surface area contributed by atoms with E-state index < -0.39 is 0 Å². The van der Waals surface area contributed by atoms with E-state index in [0.29, 0.717) is 0 Å². The number of nitrogens with zero attached hydrogens (tertiary/aromatic N) is 3. The Bertz CT molecular complexity index is 1120. The summed E-state index contributed by atoms with van der Waals surface area (Å²) in [7, 11) is 0. The summed E-state index contributed by atoms with van der Waals surface area (Å²) in [5.41, 5.74) is 7.09. The molecule has 0 aliphatic rings. The monoisotopic (exact) mass is 311 g/mol. The van der Waals surface area contributed by atoms with Gasteiger partial charge in [0, 0.05) is 24.0 Å². The summed E-state index contributed by atoms with van der Waals surface area (Å²) in [5.74, 6) is 0. The first-order valence-electron chi connectivity index (χ1n) is 7.71. The average Bonchev–Trinajstić information content (AvgIpc) is 3.25. The van der Waals surface area contributed by atoms with E-state index in [1.165, 1.54) is 0 Å². The van der Waals surface area contributed by atoms with Gasteiger partial charge in [-0.25, -0.2) is 0 Å². The lowest BCUT2D eigenvalue weighted by molar-refractivity contribution is 1.12. The second kappa shape index (κ2) is 5.03. The number of pyridine rings is 2. The largest absolute Gasteiger partial charge is 0.352 e. The van der Waals surface area contributed by atoms with Crippen molar-refractivity contribution in [1.29, 1.82) is 0 Å². The fraction of sp³-hybridized carbons (Fsp3) is 0. The topological polar surface area (TPSA) is 70.2 Å². The molecule has 0 saturated heterocycles. The molecule has 5 aromatic rings. The molecule has 5 nitrogen and oxygen atoms in total. The molecule has 0 aliphatic heterocycles. The summed E-state index contributed by atoms with van der Waals surface area (Å²) in [6.45, 7) is 0. The second-order valence-corrected chi connectivity index (χ2v) is 5.69. The number of hydrogen-bond acceptors (Lipinski definition) is 3. The number of rotatable bonds is 2. The molecule has 5 heteroatoms. The number of benzene rings is 1. The maximum Gasteiger partial charge on any atom is 0.116 e. The Balaban J connectivity index is 1.71. The van der Waals surface area contributed by atoms with Crippen LogP contribution in [0.1, 0.15) is 0 Å². The third-order valence-corrected chi connectivity index (χ3v) is 4.22. The highest BCUT2D eigenvalue weighted by Gasteiger charge is 2.12. The first-order chi connectivity index (χ1) is 11.9. The smallest absolute Gasteiger partial charge is 0.116 e. The number of aromatic amines is 2. The molecule has 114 valence electrons. The highest BCUT2D eigenvalue weighted by molar-refractivity contribution is 5.97. The van der Waals surface area contributed by atoms with Gasteiger partial charge in [0.2, 0.25) is 0 Å². The van der Waals surface area contributed by atoms with E-state index in [1.807, 2.05) is 30.3 Å². The Hall–Kier alpha value is -3.47. The molecule has 5 rings (SSSR count). The van der Waals surface area contributed by atoms with Crippen molar-refractivity contribution in [2.45, 2.75) is 0 Å². The van der Waals surface area contributed by atoms with Gasteiger partial charge in [-0.15, -0.1) is 0 Å². The molecule has 0 aliphatic carbocycles. The Labute approximate surface area is 137 Å². The second-order valence-electron chi connectivity index (χ2n) is 5.69. The minimum Gasteiger partial charge on any atom is -0.352 e. The van der Waals surface area contributed by atoms with Crippen LogP contribution < -0.4 is 0 Å². The molecular weight excluding hydrogens is 298 g/mol. The minimum atomic E-state index is 0.902. The molecule has 24 heavy (non-hydrogen) atoms. The highest BCUT2D eigenvalue weighted by atomic mass is 15.1. The van der Waals surface area contributed by atoms with Crippen LogP contribution in [0.5, 0.6) is 0 Å². The molecule has 2 N–H and O–H groups in total. The van der Waals surface area contributed by atoms with Crippen molar-refractivity contribution in [3.8, 4) is 22.5 Å². The first-order valence-corrected chi connectivity index (χ1v) is 7.71. The van der Waals surface area contributed by atoms with Crippen molar-refractivity contribution < 1.29 is 0 Å². The standard InChI is InChI=1S/C19H13N5/c1-2-16-17(21-7-1)11-18(22-16)19-14-10-13(3-4-15(14)23-24-19)12-5-8-20-9-6-12/h1-11,22H,(H,23,24). The van der Waals surface area contributed by atoms with Crippen molar-refractivity contribution in [2.75, 3.05) is 0 Å². The Morgan fingerprint density at radius 3 is 2.58 bits per heavy atom. The van der Waals surface area contributed by atoms with Crippen molar-refractivity contribution in [3.05, 3.63) is 67.1 Å². The number of H-pyrrole nitrogens is 2. The minimum absolute atomic E-state index is 0.902. The van der Waals surface area contributed by atoms with E-state index in [0.717, 1.165) is 44.5 Å². The Kier molecular flexibility index (Phi) is 2.72. The zero-order valence-electron chi connectivity index (χ0n) is 12.7. The number of aromatic nitrogens is 5. The van der Waals surface area contributed by atoms with Crippen LogP contribution in [0.4, 0.5) is 0 Å². The van der Waals surface area contributed by atoms with Crippen molar-refractivity contribution in [3.63, 3.8) is 0 Å². The molecule has 4 heterocycles. The molecule has 0 saturated carbocycles.